The summed E-state index contributed by atoms with van der Waals surface area (Å²) in [6.45, 7) is 1.79. The quantitative estimate of drug-likeness (QED) is 0.631. The van der Waals surface area contributed by atoms with E-state index in [0.29, 0.717) is 48.1 Å². The van der Waals surface area contributed by atoms with E-state index in [-0.39, 0.29) is 11.1 Å². The van der Waals surface area contributed by atoms with Gasteiger partial charge in [0.1, 0.15) is 0 Å². The largest absolute Gasteiger partial charge is 0.383 e. The minimum absolute atomic E-state index is 0.175. The van der Waals surface area contributed by atoms with Crippen molar-refractivity contribution in [2.24, 2.45) is 0 Å². The molecule has 0 saturated carbocycles. The van der Waals surface area contributed by atoms with Crippen molar-refractivity contribution >= 4 is 21.8 Å². The molecule has 7 nitrogen and oxygen atoms in total. The van der Waals surface area contributed by atoms with E-state index in [2.05, 4.69) is 4.98 Å². The fourth-order valence-electron chi connectivity index (χ4n) is 2.64. The maximum Gasteiger partial charge on any atom is 0.260 e. The first-order chi connectivity index (χ1) is 11.7. The van der Waals surface area contributed by atoms with Gasteiger partial charge in [-0.1, -0.05) is 0 Å². The first-order valence-electron chi connectivity index (χ1n) is 7.67. The highest BCUT2D eigenvalue weighted by atomic mass is 16.5. The van der Waals surface area contributed by atoms with E-state index in [0.717, 1.165) is 0 Å². The zero-order valence-corrected chi connectivity index (χ0v) is 13.7. The fourth-order valence-corrected chi connectivity index (χ4v) is 2.64. The molecule has 0 atom stereocenters. The van der Waals surface area contributed by atoms with Crippen LogP contribution in [0.5, 0.6) is 0 Å². The summed E-state index contributed by atoms with van der Waals surface area (Å²) in [5.74, 6) is 0. The van der Waals surface area contributed by atoms with Crippen LogP contribution >= 0.6 is 0 Å². The number of fused-ring (bicyclic) bond motifs is 2. The Morgan fingerprint density at radius 1 is 0.875 bits per heavy atom. The Balaban J connectivity index is 2.18. The molecule has 0 saturated heterocycles. The van der Waals surface area contributed by atoms with Gasteiger partial charge >= 0.3 is 0 Å². The lowest BCUT2D eigenvalue weighted by atomic mass is 10.2. The van der Waals surface area contributed by atoms with Crippen molar-refractivity contribution in [1.82, 2.24) is 14.1 Å². The summed E-state index contributed by atoms with van der Waals surface area (Å²) in [6, 6.07) is 5.19. The normalized spacial score (nSPS) is 11.4. The van der Waals surface area contributed by atoms with Gasteiger partial charge < -0.3 is 18.6 Å². The van der Waals surface area contributed by atoms with Crippen molar-refractivity contribution in [3.8, 4) is 0 Å². The lowest BCUT2D eigenvalue weighted by Gasteiger charge is -2.09. The highest BCUT2D eigenvalue weighted by molar-refractivity contribution is 5.91. The van der Waals surface area contributed by atoms with Gasteiger partial charge in [0.05, 0.1) is 35.0 Å². The molecule has 3 heterocycles. The van der Waals surface area contributed by atoms with Gasteiger partial charge in [0.25, 0.3) is 11.1 Å². The van der Waals surface area contributed by atoms with Crippen LogP contribution < -0.4 is 11.1 Å². The molecule has 0 aliphatic rings. The van der Waals surface area contributed by atoms with Crippen LogP contribution in [0.2, 0.25) is 0 Å². The highest BCUT2D eigenvalue weighted by Gasteiger charge is 2.09. The standard InChI is InChI=1S/C17H19N3O4/c1-23-9-7-19-5-3-14-12(16(19)21)11-13-15(18-14)4-6-20(17(13)22)8-10-24-2/h3-6,11H,7-10H2,1-2H3. The number of hydrogen-bond donors (Lipinski definition) is 0. The number of rotatable bonds is 6. The molecule has 0 fully saturated rings. The molecule has 126 valence electrons. The molecule has 0 N–H and O–H groups in total. The van der Waals surface area contributed by atoms with Crippen LogP contribution in [0.1, 0.15) is 0 Å². The lowest BCUT2D eigenvalue weighted by molar-refractivity contribution is 0.186. The van der Waals surface area contributed by atoms with Crippen molar-refractivity contribution in [1.29, 1.82) is 0 Å². The molecule has 0 aromatic carbocycles. The van der Waals surface area contributed by atoms with E-state index in [1.54, 1.807) is 53.9 Å². The van der Waals surface area contributed by atoms with Crippen LogP contribution in [-0.2, 0) is 22.6 Å². The summed E-state index contributed by atoms with van der Waals surface area (Å²) < 4.78 is 13.2. The molecule has 7 heteroatoms. The van der Waals surface area contributed by atoms with Gasteiger partial charge in [-0.25, -0.2) is 4.98 Å². The highest BCUT2D eigenvalue weighted by Crippen LogP contribution is 2.14. The predicted octanol–water partition coefficient (Wildman–Crippen LogP) is 1.00. The Kier molecular flexibility index (Phi) is 4.73. The number of methoxy groups -OCH3 is 2. The molecule has 0 spiro atoms. The van der Waals surface area contributed by atoms with Crippen LogP contribution in [0, 0.1) is 0 Å². The third-order valence-corrected chi connectivity index (χ3v) is 3.96. The Morgan fingerprint density at radius 3 is 1.75 bits per heavy atom. The van der Waals surface area contributed by atoms with E-state index in [4.69, 9.17) is 9.47 Å². The van der Waals surface area contributed by atoms with Gasteiger partial charge in [-0.3, -0.25) is 9.59 Å². The Bertz CT molecular complexity index is 914. The van der Waals surface area contributed by atoms with Crippen molar-refractivity contribution in [2.75, 3.05) is 27.4 Å². The Morgan fingerprint density at radius 2 is 1.33 bits per heavy atom. The Hall–Kier alpha value is -2.51. The van der Waals surface area contributed by atoms with Gasteiger partial charge in [0.2, 0.25) is 0 Å². The average Bonchev–Trinajstić information content (AvgIpc) is 2.60. The fraction of sp³-hybridized carbons (Fsp3) is 0.353. The van der Waals surface area contributed by atoms with Crippen LogP contribution in [-0.4, -0.2) is 41.6 Å². The van der Waals surface area contributed by atoms with Gasteiger partial charge in [0, 0.05) is 39.7 Å². The van der Waals surface area contributed by atoms with Crippen molar-refractivity contribution in [2.45, 2.75) is 13.1 Å². The first kappa shape index (κ1) is 16.4. The van der Waals surface area contributed by atoms with E-state index in [1.165, 1.54) is 0 Å². The summed E-state index contributed by atoms with van der Waals surface area (Å²) in [4.78, 5) is 29.6. The summed E-state index contributed by atoms with van der Waals surface area (Å²) >= 11 is 0. The lowest BCUT2D eigenvalue weighted by Crippen LogP contribution is -2.24. The van der Waals surface area contributed by atoms with Crippen LogP contribution in [0.15, 0.2) is 40.2 Å². The molecule has 0 radical (unpaired) electrons. The second-order valence-corrected chi connectivity index (χ2v) is 5.47. The summed E-state index contributed by atoms with van der Waals surface area (Å²) in [5, 5.41) is 0.866. The average molecular weight is 329 g/mol. The zero-order chi connectivity index (χ0) is 17.1. The molecule has 0 amide bonds. The van der Waals surface area contributed by atoms with Gasteiger partial charge in [-0.2, -0.15) is 0 Å². The molecule has 0 unspecified atom stereocenters. The van der Waals surface area contributed by atoms with Crippen LogP contribution in [0.3, 0.4) is 0 Å². The SMILES string of the molecule is COCCn1ccc2nc3ccn(CCOC)c(=O)c3cc2c1=O. The van der Waals surface area contributed by atoms with Crippen molar-refractivity contribution in [3.63, 3.8) is 0 Å². The van der Waals surface area contributed by atoms with Crippen LogP contribution in [0.25, 0.3) is 21.8 Å². The smallest absolute Gasteiger partial charge is 0.260 e. The maximum atomic E-state index is 12.6. The van der Waals surface area contributed by atoms with Gasteiger partial charge in [-0.15, -0.1) is 0 Å². The predicted molar refractivity (Wildman–Crippen MR) is 91.5 cm³/mol. The van der Waals surface area contributed by atoms with E-state index >= 15 is 0 Å². The number of hydrogen-bond acceptors (Lipinski definition) is 5. The number of aromatic nitrogens is 3. The van der Waals surface area contributed by atoms with E-state index < -0.39 is 0 Å². The van der Waals surface area contributed by atoms with Crippen LogP contribution in [0.4, 0.5) is 0 Å². The van der Waals surface area contributed by atoms with Crippen molar-refractivity contribution in [3.05, 3.63) is 51.3 Å². The molecule has 0 aliphatic carbocycles. The third kappa shape index (κ3) is 2.95. The minimum atomic E-state index is -0.175. The number of pyridine rings is 3. The molecule has 24 heavy (non-hydrogen) atoms. The molecular formula is C17H19N3O4. The number of ether oxygens (including phenoxy) is 2. The van der Waals surface area contributed by atoms with E-state index in [9.17, 15) is 9.59 Å². The van der Waals surface area contributed by atoms with Crippen molar-refractivity contribution < 1.29 is 9.47 Å². The molecular weight excluding hydrogens is 310 g/mol. The number of nitrogens with zero attached hydrogens (tertiary/aromatic N) is 3. The minimum Gasteiger partial charge on any atom is -0.383 e. The first-order valence-corrected chi connectivity index (χ1v) is 7.67. The summed E-state index contributed by atoms with van der Waals surface area (Å²) in [6.07, 6.45) is 3.39. The molecule has 0 aliphatic heterocycles. The zero-order valence-electron chi connectivity index (χ0n) is 13.7. The molecule has 3 aromatic heterocycles. The second kappa shape index (κ2) is 6.94. The topological polar surface area (TPSA) is 75.3 Å². The third-order valence-electron chi connectivity index (χ3n) is 3.96. The molecule has 0 bridgehead atoms. The summed E-state index contributed by atoms with van der Waals surface area (Å²) in [5.41, 5.74) is 0.807. The Labute approximate surface area is 138 Å². The molecule has 3 aromatic rings. The summed E-state index contributed by atoms with van der Waals surface area (Å²) in [7, 11) is 3.17. The second-order valence-electron chi connectivity index (χ2n) is 5.47. The maximum absolute atomic E-state index is 12.6. The van der Waals surface area contributed by atoms with Gasteiger partial charge in [0.15, 0.2) is 0 Å². The monoisotopic (exact) mass is 329 g/mol. The molecule has 3 rings (SSSR count). The van der Waals surface area contributed by atoms with Gasteiger partial charge in [-0.05, 0) is 18.2 Å². The van der Waals surface area contributed by atoms with E-state index in [1.807, 2.05) is 0 Å².